The van der Waals surface area contributed by atoms with Crippen LogP contribution in [0.1, 0.15) is 17.7 Å². The van der Waals surface area contributed by atoms with E-state index >= 15 is 0 Å². The zero-order chi connectivity index (χ0) is 13.9. The maximum absolute atomic E-state index is 10.9. The van der Waals surface area contributed by atoms with E-state index in [2.05, 4.69) is 21.8 Å². The Balaban J connectivity index is 1.89. The van der Waals surface area contributed by atoms with Crippen LogP contribution in [0.15, 0.2) is 24.7 Å². The number of aromatic nitrogens is 2. The number of nitrogens with zero attached hydrogens (tertiary/aromatic N) is 3. The number of piperidine rings is 1. The fourth-order valence-electron chi connectivity index (χ4n) is 2.57. The minimum absolute atomic E-state index is 0.216. The average Bonchev–Trinajstić information content (AvgIpc) is 2.94. The molecule has 5 heteroatoms. The number of thiazole rings is 1. The van der Waals surface area contributed by atoms with Gasteiger partial charge in [-0.25, -0.2) is 4.98 Å². The van der Waals surface area contributed by atoms with E-state index in [4.69, 9.17) is 0 Å². The summed E-state index contributed by atoms with van der Waals surface area (Å²) in [6, 6.07) is 2.03. The number of anilines is 1. The van der Waals surface area contributed by atoms with E-state index in [9.17, 15) is 4.79 Å². The largest absolute Gasteiger partial charge is 0.370 e. The van der Waals surface area contributed by atoms with Crippen molar-refractivity contribution < 1.29 is 4.79 Å². The first-order valence-electron chi connectivity index (χ1n) is 6.85. The molecule has 0 aromatic carbocycles. The first-order valence-corrected chi connectivity index (χ1v) is 7.66. The zero-order valence-electron chi connectivity index (χ0n) is 11.5. The highest BCUT2D eigenvalue weighted by Gasteiger charge is 2.21. The molecule has 1 aliphatic rings. The molecule has 1 saturated heterocycles. The van der Waals surface area contributed by atoms with E-state index in [1.807, 2.05) is 24.7 Å². The molecular weight excluding hydrogens is 270 g/mol. The molecule has 0 spiro atoms. The van der Waals surface area contributed by atoms with E-state index in [-0.39, 0.29) is 5.92 Å². The summed E-state index contributed by atoms with van der Waals surface area (Å²) in [6.45, 7) is 3.89. The molecule has 2 aromatic rings. The standard InChI is InChI=1S/C15H17N3OS/c1-11-8-17-15(20-11)13-2-5-16-9-14(13)18-6-3-12(10-19)4-7-18/h2,5,8-10,12H,3-4,6-7H2,1H3. The van der Waals surface area contributed by atoms with E-state index in [1.165, 1.54) is 4.88 Å². The number of hydrogen-bond acceptors (Lipinski definition) is 5. The predicted molar refractivity (Wildman–Crippen MR) is 81.1 cm³/mol. The van der Waals surface area contributed by atoms with Gasteiger partial charge in [0.25, 0.3) is 0 Å². The molecule has 0 radical (unpaired) electrons. The molecule has 0 atom stereocenters. The number of pyridine rings is 1. The van der Waals surface area contributed by atoms with Crippen molar-refractivity contribution in [2.45, 2.75) is 19.8 Å². The molecule has 0 N–H and O–H groups in total. The first kappa shape index (κ1) is 13.2. The first-order chi connectivity index (χ1) is 9.78. The minimum atomic E-state index is 0.216. The zero-order valence-corrected chi connectivity index (χ0v) is 12.3. The number of aldehydes is 1. The van der Waals surface area contributed by atoms with Crippen LogP contribution in [0.5, 0.6) is 0 Å². The Morgan fingerprint density at radius 3 is 2.80 bits per heavy atom. The van der Waals surface area contributed by atoms with Crippen molar-refractivity contribution in [3.05, 3.63) is 29.5 Å². The maximum Gasteiger partial charge on any atom is 0.125 e. The van der Waals surface area contributed by atoms with Gasteiger partial charge in [0.2, 0.25) is 0 Å². The van der Waals surface area contributed by atoms with Crippen molar-refractivity contribution in [3.8, 4) is 10.6 Å². The second kappa shape index (κ2) is 5.71. The number of hydrogen-bond donors (Lipinski definition) is 0. The Bertz CT molecular complexity index is 603. The highest BCUT2D eigenvalue weighted by atomic mass is 32.1. The number of carbonyl (C=O) groups is 1. The SMILES string of the molecule is Cc1cnc(-c2ccncc2N2CCC(C=O)CC2)s1. The van der Waals surface area contributed by atoms with Crippen molar-refractivity contribution in [1.29, 1.82) is 0 Å². The summed E-state index contributed by atoms with van der Waals surface area (Å²) < 4.78 is 0. The molecule has 1 fully saturated rings. The molecule has 0 bridgehead atoms. The molecule has 3 heterocycles. The summed E-state index contributed by atoms with van der Waals surface area (Å²) in [6.07, 6.45) is 8.57. The second-order valence-corrected chi connectivity index (χ2v) is 6.36. The number of carbonyl (C=O) groups excluding carboxylic acids is 1. The third-order valence-corrected chi connectivity index (χ3v) is 4.67. The molecule has 104 valence electrons. The van der Waals surface area contributed by atoms with Crippen molar-refractivity contribution in [3.63, 3.8) is 0 Å². The van der Waals surface area contributed by atoms with E-state index in [1.54, 1.807) is 11.3 Å². The van der Waals surface area contributed by atoms with Crippen molar-refractivity contribution in [2.75, 3.05) is 18.0 Å². The second-order valence-electron chi connectivity index (χ2n) is 5.13. The van der Waals surface area contributed by atoms with Crippen LogP contribution in [-0.4, -0.2) is 29.3 Å². The summed E-state index contributed by atoms with van der Waals surface area (Å²) in [4.78, 5) is 23.1. The third-order valence-electron chi connectivity index (χ3n) is 3.72. The summed E-state index contributed by atoms with van der Waals surface area (Å²) in [5.41, 5.74) is 2.27. The van der Waals surface area contributed by atoms with Crippen LogP contribution >= 0.6 is 11.3 Å². The van der Waals surface area contributed by atoms with E-state index < -0.39 is 0 Å². The minimum Gasteiger partial charge on any atom is -0.370 e. The van der Waals surface area contributed by atoms with Gasteiger partial charge in [0.15, 0.2) is 0 Å². The van der Waals surface area contributed by atoms with Crippen LogP contribution in [0.25, 0.3) is 10.6 Å². The Morgan fingerprint density at radius 1 is 1.35 bits per heavy atom. The lowest BCUT2D eigenvalue weighted by Crippen LogP contribution is -2.34. The average molecular weight is 287 g/mol. The molecule has 4 nitrogen and oxygen atoms in total. The quantitative estimate of drug-likeness (QED) is 0.814. The van der Waals surface area contributed by atoms with Gasteiger partial charge >= 0.3 is 0 Å². The normalized spacial score (nSPS) is 16.4. The monoisotopic (exact) mass is 287 g/mol. The van der Waals surface area contributed by atoms with Crippen LogP contribution in [0.2, 0.25) is 0 Å². The van der Waals surface area contributed by atoms with Crippen molar-refractivity contribution in [1.82, 2.24) is 9.97 Å². The summed E-state index contributed by atoms with van der Waals surface area (Å²) >= 11 is 1.70. The van der Waals surface area contributed by atoms with Gasteiger partial charge in [-0.3, -0.25) is 4.98 Å². The van der Waals surface area contributed by atoms with Gasteiger partial charge in [-0.05, 0) is 25.8 Å². The molecule has 0 aliphatic carbocycles. The fraction of sp³-hybridized carbons (Fsp3) is 0.400. The number of rotatable bonds is 3. The van der Waals surface area contributed by atoms with Crippen molar-refractivity contribution in [2.24, 2.45) is 5.92 Å². The van der Waals surface area contributed by atoms with Gasteiger partial charge in [0.05, 0.1) is 11.9 Å². The van der Waals surface area contributed by atoms with E-state index in [0.29, 0.717) is 0 Å². The van der Waals surface area contributed by atoms with Gasteiger partial charge in [-0.1, -0.05) is 0 Å². The maximum atomic E-state index is 10.9. The molecular formula is C15H17N3OS. The van der Waals surface area contributed by atoms with Crippen LogP contribution in [0, 0.1) is 12.8 Å². The molecule has 3 rings (SSSR count). The molecule has 1 aliphatic heterocycles. The molecule has 0 amide bonds. The van der Waals surface area contributed by atoms with Gasteiger partial charge in [-0.2, -0.15) is 0 Å². The Morgan fingerprint density at radius 2 is 2.15 bits per heavy atom. The number of aryl methyl sites for hydroxylation is 1. The summed E-state index contributed by atoms with van der Waals surface area (Å²) in [5.74, 6) is 0.216. The van der Waals surface area contributed by atoms with Crippen LogP contribution < -0.4 is 4.90 Å². The van der Waals surface area contributed by atoms with Crippen LogP contribution in [0.4, 0.5) is 5.69 Å². The van der Waals surface area contributed by atoms with Gasteiger partial charge in [0.1, 0.15) is 11.3 Å². The summed E-state index contributed by atoms with van der Waals surface area (Å²) in [7, 11) is 0. The Hall–Kier alpha value is -1.75. The van der Waals surface area contributed by atoms with E-state index in [0.717, 1.165) is 48.5 Å². The Kier molecular flexibility index (Phi) is 3.78. The van der Waals surface area contributed by atoms with Gasteiger partial charge < -0.3 is 9.69 Å². The van der Waals surface area contributed by atoms with Crippen LogP contribution in [-0.2, 0) is 4.79 Å². The van der Waals surface area contributed by atoms with Crippen LogP contribution in [0.3, 0.4) is 0 Å². The molecule has 0 unspecified atom stereocenters. The topological polar surface area (TPSA) is 46.1 Å². The lowest BCUT2D eigenvalue weighted by molar-refractivity contribution is -0.111. The molecule has 2 aromatic heterocycles. The molecule has 20 heavy (non-hydrogen) atoms. The third kappa shape index (κ3) is 2.58. The lowest BCUT2D eigenvalue weighted by Gasteiger charge is -2.32. The highest BCUT2D eigenvalue weighted by Crippen LogP contribution is 2.34. The summed E-state index contributed by atoms with van der Waals surface area (Å²) in [5, 5.41) is 1.04. The predicted octanol–water partition coefficient (Wildman–Crippen LogP) is 2.93. The van der Waals surface area contributed by atoms with Gasteiger partial charge in [-0.15, -0.1) is 11.3 Å². The smallest absolute Gasteiger partial charge is 0.125 e. The highest BCUT2D eigenvalue weighted by molar-refractivity contribution is 7.15. The van der Waals surface area contributed by atoms with Crippen molar-refractivity contribution >= 4 is 23.3 Å². The van der Waals surface area contributed by atoms with Gasteiger partial charge in [0, 0.05) is 41.8 Å². The Labute approximate surface area is 122 Å². The molecule has 0 saturated carbocycles. The lowest BCUT2D eigenvalue weighted by atomic mass is 9.98. The fourth-order valence-corrected chi connectivity index (χ4v) is 3.37.